The molecular weight excluding hydrogens is 238 g/mol. The van der Waals surface area contributed by atoms with Crippen molar-refractivity contribution in [3.63, 3.8) is 0 Å². The van der Waals surface area contributed by atoms with Crippen LogP contribution in [0.2, 0.25) is 0 Å². The third kappa shape index (κ3) is 3.01. The topological polar surface area (TPSA) is 94.4 Å². The molecule has 2 rings (SSSR count). The maximum atomic E-state index is 11.7. The summed E-state index contributed by atoms with van der Waals surface area (Å²) in [5.41, 5.74) is -0.0486. The van der Waals surface area contributed by atoms with Gasteiger partial charge in [0.2, 0.25) is 0 Å². The van der Waals surface area contributed by atoms with E-state index >= 15 is 0 Å². The Morgan fingerprint density at radius 2 is 2.17 bits per heavy atom. The molecule has 1 aromatic rings. The van der Waals surface area contributed by atoms with Crippen LogP contribution in [0.1, 0.15) is 23.3 Å². The first kappa shape index (κ1) is 12.4. The molecule has 1 fully saturated rings. The van der Waals surface area contributed by atoms with Crippen LogP contribution in [-0.4, -0.2) is 35.1 Å². The monoisotopic (exact) mass is 251 g/mol. The summed E-state index contributed by atoms with van der Waals surface area (Å²) in [5.74, 6) is -0.531. The first-order valence-electron chi connectivity index (χ1n) is 5.69. The van der Waals surface area contributed by atoms with Gasteiger partial charge in [0.1, 0.15) is 18.0 Å². The molecule has 2 heterocycles. The lowest BCUT2D eigenvalue weighted by atomic mass is 10.1. The predicted molar refractivity (Wildman–Crippen MR) is 62.2 cm³/mol. The third-order valence-electron chi connectivity index (χ3n) is 2.73. The number of hydrogen-bond donors (Lipinski definition) is 1. The second kappa shape index (κ2) is 5.54. The van der Waals surface area contributed by atoms with Crippen molar-refractivity contribution in [2.24, 2.45) is 0 Å². The van der Waals surface area contributed by atoms with Gasteiger partial charge < -0.3 is 10.1 Å². The number of ether oxygens (including phenoxy) is 1. The van der Waals surface area contributed by atoms with Crippen LogP contribution < -0.4 is 5.32 Å². The Hall–Kier alpha value is -2.02. The van der Waals surface area contributed by atoms with Crippen molar-refractivity contribution in [1.29, 1.82) is 0 Å². The van der Waals surface area contributed by atoms with E-state index in [0.29, 0.717) is 0 Å². The summed E-state index contributed by atoms with van der Waals surface area (Å²) in [4.78, 5) is 25.3. The van der Waals surface area contributed by atoms with Crippen molar-refractivity contribution in [3.8, 4) is 0 Å². The Kier molecular flexibility index (Phi) is 3.83. The van der Waals surface area contributed by atoms with E-state index in [1.807, 2.05) is 0 Å². The number of esters is 1. The fraction of sp³-hybridized carbons (Fsp3) is 0.455. The van der Waals surface area contributed by atoms with Gasteiger partial charge in [-0.2, -0.15) is 0 Å². The number of aromatic nitrogens is 1. The lowest BCUT2D eigenvalue weighted by Gasteiger charge is -2.22. The number of nitrogens with one attached hydrogen (secondary N) is 1. The number of hydrogen-bond acceptors (Lipinski definition) is 6. The molecule has 1 aliphatic heterocycles. The SMILES string of the molecule is O=C(OC1CCNCC1)c1ccc([N+](=O)[O-])cn1. The van der Waals surface area contributed by atoms with Gasteiger partial charge >= 0.3 is 5.97 Å². The number of carbonyl (C=O) groups excluding carboxylic acids is 1. The molecule has 0 spiro atoms. The van der Waals surface area contributed by atoms with Crippen molar-refractivity contribution in [2.45, 2.75) is 18.9 Å². The molecule has 96 valence electrons. The molecule has 0 bridgehead atoms. The molecule has 7 nitrogen and oxygen atoms in total. The molecule has 1 aromatic heterocycles. The average molecular weight is 251 g/mol. The van der Waals surface area contributed by atoms with Crippen LogP contribution in [-0.2, 0) is 4.74 Å². The Morgan fingerprint density at radius 3 is 2.72 bits per heavy atom. The van der Waals surface area contributed by atoms with E-state index in [2.05, 4.69) is 10.3 Å². The van der Waals surface area contributed by atoms with Gasteiger partial charge in [-0.25, -0.2) is 9.78 Å². The zero-order chi connectivity index (χ0) is 13.0. The maximum absolute atomic E-state index is 11.7. The molecule has 7 heteroatoms. The Balaban J connectivity index is 1.97. The molecular formula is C11H13N3O4. The van der Waals surface area contributed by atoms with Crippen LogP contribution in [0.4, 0.5) is 5.69 Å². The molecule has 0 atom stereocenters. The van der Waals surface area contributed by atoms with Crippen LogP contribution in [0.5, 0.6) is 0 Å². The van der Waals surface area contributed by atoms with E-state index in [9.17, 15) is 14.9 Å². The van der Waals surface area contributed by atoms with E-state index in [1.165, 1.54) is 12.1 Å². The fourth-order valence-corrected chi connectivity index (χ4v) is 1.74. The van der Waals surface area contributed by atoms with E-state index in [4.69, 9.17) is 4.74 Å². The van der Waals surface area contributed by atoms with Gasteiger partial charge in [0.25, 0.3) is 5.69 Å². The van der Waals surface area contributed by atoms with Crippen molar-refractivity contribution in [1.82, 2.24) is 10.3 Å². The van der Waals surface area contributed by atoms with Gasteiger partial charge in [-0.1, -0.05) is 0 Å². The summed E-state index contributed by atoms with van der Waals surface area (Å²) in [6, 6.07) is 2.55. The zero-order valence-electron chi connectivity index (χ0n) is 9.67. The van der Waals surface area contributed by atoms with Gasteiger partial charge in [-0.05, 0) is 32.0 Å². The standard InChI is InChI=1S/C11H13N3O4/c15-11(18-9-3-5-12-6-4-9)10-2-1-8(7-13-10)14(16)17/h1-2,7,9,12H,3-6H2. The van der Waals surface area contributed by atoms with Crippen LogP contribution in [0.3, 0.4) is 0 Å². The molecule has 1 N–H and O–H groups in total. The number of nitro groups is 1. The van der Waals surface area contributed by atoms with E-state index in [0.717, 1.165) is 32.1 Å². The van der Waals surface area contributed by atoms with Crippen LogP contribution in [0.25, 0.3) is 0 Å². The van der Waals surface area contributed by atoms with Crippen molar-refractivity contribution in [2.75, 3.05) is 13.1 Å². The molecule has 0 aliphatic carbocycles. The van der Waals surface area contributed by atoms with Gasteiger partial charge in [0.15, 0.2) is 0 Å². The Morgan fingerprint density at radius 1 is 1.44 bits per heavy atom. The molecule has 1 saturated heterocycles. The second-order valence-electron chi connectivity index (χ2n) is 4.01. The van der Waals surface area contributed by atoms with Gasteiger partial charge in [-0.15, -0.1) is 0 Å². The quantitative estimate of drug-likeness (QED) is 0.487. The van der Waals surface area contributed by atoms with Crippen molar-refractivity contribution in [3.05, 3.63) is 34.1 Å². The maximum Gasteiger partial charge on any atom is 0.357 e. The summed E-state index contributed by atoms with van der Waals surface area (Å²) in [6.07, 6.45) is 2.51. The number of piperidine rings is 1. The Bertz CT molecular complexity index is 440. The minimum absolute atomic E-state index is 0.0964. The molecule has 0 saturated carbocycles. The second-order valence-corrected chi connectivity index (χ2v) is 4.01. The summed E-state index contributed by atoms with van der Waals surface area (Å²) in [6.45, 7) is 1.65. The van der Waals surface area contributed by atoms with Crippen molar-refractivity contribution < 1.29 is 14.5 Å². The number of nitrogens with zero attached hydrogens (tertiary/aromatic N) is 2. The number of pyridine rings is 1. The van der Waals surface area contributed by atoms with Gasteiger partial charge in [-0.3, -0.25) is 10.1 Å². The molecule has 0 amide bonds. The summed E-state index contributed by atoms with van der Waals surface area (Å²) in [7, 11) is 0. The first-order valence-corrected chi connectivity index (χ1v) is 5.69. The molecule has 0 unspecified atom stereocenters. The van der Waals surface area contributed by atoms with Crippen LogP contribution >= 0.6 is 0 Å². The first-order chi connectivity index (χ1) is 8.66. The third-order valence-corrected chi connectivity index (χ3v) is 2.73. The molecule has 18 heavy (non-hydrogen) atoms. The Labute approximate surface area is 103 Å². The highest BCUT2D eigenvalue weighted by Crippen LogP contribution is 2.13. The van der Waals surface area contributed by atoms with Crippen molar-refractivity contribution >= 4 is 11.7 Å². The van der Waals surface area contributed by atoms with Crippen LogP contribution in [0.15, 0.2) is 18.3 Å². The van der Waals surface area contributed by atoms with Gasteiger partial charge in [0.05, 0.1) is 4.92 Å². The minimum Gasteiger partial charge on any atom is -0.458 e. The summed E-state index contributed by atoms with van der Waals surface area (Å²) in [5, 5.41) is 13.6. The number of rotatable bonds is 3. The van der Waals surface area contributed by atoms with E-state index in [1.54, 1.807) is 0 Å². The predicted octanol–water partition coefficient (Wildman–Crippen LogP) is 0.899. The molecule has 0 radical (unpaired) electrons. The molecule has 1 aliphatic rings. The van der Waals surface area contributed by atoms with E-state index in [-0.39, 0.29) is 17.5 Å². The highest BCUT2D eigenvalue weighted by atomic mass is 16.6. The van der Waals surface area contributed by atoms with E-state index < -0.39 is 10.9 Å². The van der Waals surface area contributed by atoms with Gasteiger partial charge in [0, 0.05) is 6.07 Å². The lowest BCUT2D eigenvalue weighted by molar-refractivity contribution is -0.385. The normalized spacial score (nSPS) is 16.2. The fourth-order valence-electron chi connectivity index (χ4n) is 1.74. The highest BCUT2D eigenvalue weighted by molar-refractivity contribution is 5.87. The largest absolute Gasteiger partial charge is 0.458 e. The minimum atomic E-state index is -0.561. The lowest BCUT2D eigenvalue weighted by Crippen LogP contribution is -2.33. The molecule has 0 aromatic carbocycles. The summed E-state index contributed by atoms with van der Waals surface area (Å²) < 4.78 is 5.27. The zero-order valence-corrected chi connectivity index (χ0v) is 9.67. The average Bonchev–Trinajstić information content (AvgIpc) is 2.40. The number of carbonyl (C=O) groups is 1. The smallest absolute Gasteiger partial charge is 0.357 e. The summed E-state index contributed by atoms with van der Waals surface area (Å²) >= 11 is 0. The van der Waals surface area contributed by atoms with Crippen LogP contribution in [0, 0.1) is 10.1 Å². The highest BCUT2D eigenvalue weighted by Gasteiger charge is 2.19.